The zero-order valence-corrected chi connectivity index (χ0v) is 10.5. The van der Waals surface area contributed by atoms with Gasteiger partial charge < -0.3 is 5.11 Å². The van der Waals surface area contributed by atoms with E-state index in [0.29, 0.717) is 0 Å². The summed E-state index contributed by atoms with van der Waals surface area (Å²) >= 11 is 0. The molecule has 0 bridgehead atoms. The second-order valence-electron chi connectivity index (χ2n) is 4.16. The summed E-state index contributed by atoms with van der Waals surface area (Å²) in [5.41, 5.74) is 6.12. The Labute approximate surface area is 111 Å². The molecule has 0 saturated carbocycles. The second kappa shape index (κ2) is 5.82. The highest BCUT2D eigenvalue weighted by atomic mass is 16.4. The van der Waals surface area contributed by atoms with Crippen LogP contribution < -0.4 is 5.43 Å². The van der Waals surface area contributed by atoms with Gasteiger partial charge in [-0.05, 0) is 36.8 Å². The lowest BCUT2D eigenvalue weighted by molar-refractivity contribution is 0.0697. The third-order valence-electron chi connectivity index (χ3n) is 2.62. The van der Waals surface area contributed by atoms with Gasteiger partial charge in [0.1, 0.15) is 0 Å². The van der Waals surface area contributed by atoms with Gasteiger partial charge in [0.15, 0.2) is 0 Å². The van der Waals surface area contributed by atoms with Crippen molar-refractivity contribution in [2.75, 3.05) is 5.43 Å². The molecule has 0 amide bonds. The van der Waals surface area contributed by atoms with E-state index >= 15 is 0 Å². The van der Waals surface area contributed by atoms with Gasteiger partial charge in [-0.3, -0.25) is 5.43 Å². The summed E-state index contributed by atoms with van der Waals surface area (Å²) in [4.78, 5) is 10.7. The van der Waals surface area contributed by atoms with E-state index in [2.05, 4.69) is 10.5 Å². The van der Waals surface area contributed by atoms with Crippen molar-refractivity contribution >= 4 is 17.9 Å². The van der Waals surface area contributed by atoms with Crippen molar-refractivity contribution in [2.24, 2.45) is 5.10 Å². The summed E-state index contributed by atoms with van der Waals surface area (Å²) < 4.78 is 0. The molecular formula is C15H14N2O2. The van der Waals surface area contributed by atoms with Gasteiger partial charge >= 0.3 is 5.97 Å². The Kier molecular flexibility index (Phi) is 3.93. The number of carbonyl (C=O) groups is 1. The summed E-state index contributed by atoms with van der Waals surface area (Å²) in [5, 5.41) is 12.9. The van der Waals surface area contributed by atoms with Crippen molar-refractivity contribution in [2.45, 2.75) is 6.92 Å². The fraction of sp³-hybridized carbons (Fsp3) is 0.0667. The molecule has 4 nitrogen and oxygen atoms in total. The van der Waals surface area contributed by atoms with Crippen LogP contribution in [0.4, 0.5) is 5.69 Å². The Balaban J connectivity index is 1.98. The van der Waals surface area contributed by atoms with Crippen molar-refractivity contribution in [1.82, 2.24) is 0 Å². The maximum Gasteiger partial charge on any atom is 0.335 e. The van der Waals surface area contributed by atoms with Gasteiger partial charge in [0.2, 0.25) is 0 Å². The number of aromatic carboxylic acids is 1. The van der Waals surface area contributed by atoms with Gasteiger partial charge in [0.25, 0.3) is 0 Å². The summed E-state index contributed by atoms with van der Waals surface area (Å²) in [6.07, 6.45) is 1.64. The zero-order valence-electron chi connectivity index (χ0n) is 10.5. The quantitative estimate of drug-likeness (QED) is 0.651. The first-order valence-corrected chi connectivity index (χ1v) is 5.84. The van der Waals surface area contributed by atoms with Crippen LogP contribution in [0.25, 0.3) is 0 Å². The van der Waals surface area contributed by atoms with Gasteiger partial charge in [-0.1, -0.05) is 29.8 Å². The zero-order chi connectivity index (χ0) is 13.7. The van der Waals surface area contributed by atoms with Crippen LogP contribution in [0.1, 0.15) is 21.5 Å². The lowest BCUT2D eigenvalue weighted by atomic mass is 10.1. The van der Waals surface area contributed by atoms with E-state index in [-0.39, 0.29) is 5.56 Å². The fourth-order valence-electron chi connectivity index (χ4n) is 1.52. The largest absolute Gasteiger partial charge is 0.478 e. The molecule has 0 atom stereocenters. The third-order valence-corrected chi connectivity index (χ3v) is 2.62. The lowest BCUT2D eigenvalue weighted by Gasteiger charge is -2.00. The SMILES string of the molecule is Cc1ccc(NN=Cc2ccc(C(=O)O)cc2)cc1. The number of aryl methyl sites for hydroxylation is 1. The fourth-order valence-corrected chi connectivity index (χ4v) is 1.52. The molecule has 0 unspecified atom stereocenters. The minimum atomic E-state index is -0.929. The molecule has 19 heavy (non-hydrogen) atoms. The number of nitrogens with one attached hydrogen (secondary N) is 1. The maximum absolute atomic E-state index is 10.7. The molecule has 2 N–H and O–H groups in total. The van der Waals surface area contributed by atoms with Crippen LogP contribution in [0.2, 0.25) is 0 Å². The number of carboxylic acids is 1. The molecule has 0 saturated heterocycles. The summed E-state index contributed by atoms with van der Waals surface area (Å²) in [6, 6.07) is 14.4. The summed E-state index contributed by atoms with van der Waals surface area (Å²) in [7, 11) is 0. The van der Waals surface area contributed by atoms with Crippen LogP contribution in [0.3, 0.4) is 0 Å². The Morgan fingerprint density at radius 3 is 2.32 bits per heavy atom. The molecule has 0 radical (unpaired) electrons. The topological polar surface area (TPSA) is 61.7 Å². The van der Waals surface area contributed by atoms with Gasteiger partial charge in [0, 0.05) is 0 Å². The van der Waals surface area contributed by atoms with Crippen LogP contribution >= 0.6 is 0 Å². The Morgan fingerprint density at radius 1 is 1.11 bits per heavy atom. The average molecular weight is 254 g/mol. The predicted molar refractivity (Wildman–Crippen MR) is 75.8 cm³/mol. The minimum Gasteiger partial charge on any atom is -0.478 e. The molecule has 0 aliphatic carbocycles. The number of benzene rings is 2. The Bertz CT molecular complexity index is 587. The third kappa shape index (κ3) is 3.67. The van der Waals surface area contributed by atoms with Crippen LogP contribution in [-0.2, 0) is 0 Å². The molecule has 2 rings (SSSR count). The number of hydrazone groups is 1. The van der Waals surface area contributed by atoms with Crippen LogP contribution in [0.5, 0.6) is 0 Å². The molecule has 96 valence electrons. The minimum absolute atomic E-state index is 0.267. The lowest BCUT2D eigenvalue weighted by Crippen LogP contribution is -1.96. The van der Waals surface area contributed by atoms with Crippen LogP contribution in [0.15, 0.2) is 53.6 Å². The number of hydrogen-bond acceptors (Lipinski definition) is 3. The van der Waals surface area contributed by atoms with Crippen molar-refractivity contribution < 1.29 is 9.90 Å². The highest BCUT2D eigenvalue weighted by molar-refractivity contribution is 5.89. The standard InChI is InChI=1S/C15H14N2O2/c1-11-2-8-14(9-3-11)17-16-10-12-4-6-13(7-5-12)15(18)19/h2-10,17H,1H3,(H,18,19). The molecule has 2 aromatic carbocycles. The molecule has 0 aromatic heterocycles. The first-order valence-electron chi connectivity index (χ1n) is 5.84. The predicted octanol–water partition coefficient (Wildman–Crippen LogP) is 3.14. The number of rotatable bonds is 4. The number of carboxylic acid groups (broad SMARTS) is 1. The number of anilines is 1. The van der Waals surface area contributed by atoms with Crippen molar-refractivity contribution in [3.63, 3.8) is 0 Å². The van der Waals surface area contributed by atoms with E-state index in [1.165, 1.54) is 5.56 Å². The normalized spacial score (nSPS) is 10.6. The molecule has 0 spiro atoms. The smallest absolute Gasteiger partial charge is 0.335 e. The molecule has 0 heterocycles. The van der Waals surface area contributed by atoms with E-state index < -0.39 is 5.97 Å². The van der Waals surface area contributed by atoms with E-state index in [4.69, 9.17) is 5.11 Å². The monoisotopic (exact) mass is 254 g/mol. The first-order chi connectivity index (χ1) is 9.15. The van der Waals surface area contributed by atoms with E-state index in [1.807, 2.05) is 31.2 Å². The van der Waals surface area contributed by atoms with Gasteiger partial charge in [0.05, 0.1) is 17.5 Å². The Hall–Kier alpha value is -2.62. The maximum atomic E-state index is 10.7. The molecule has 2 aromatic rings. The van der Waals surface area contributed by atoms with Crippen molar-refractivity contribution in [1.29, 1.82) is 0 Å². The Morgan fingerprint density at radius 2 is 1.74 bits per heavy atom. The highest BCUT2D eigenvalue weighted by Gasteiger charge is 2.00. The van der Waals surface area contributed by atoms with Gasteiger partial charge in [-0.2, -0.15) is 5.10 Å². The van der Waals surface area contributed by atoms with E-state index in [0.717, 1.165) is 11.3 Å². The van der Waals surface area contributed by atoms with Gasteiger partial charge in [-0.25, -0.2) is 4.79 Å². The van der Waals surface area contributed by atoms with E-state index in [1.54, 1.807) is 30.5 Å². The number of hydrogen-bond donors (Lipinski definition) is 2. The first kappa shape index (κ1) is 12.8. The molecule has 0 aliphatic heterocycles. The average Bonchev–Trinajstić information content (AvgIpc) is 2.41. The summed E-state index contributed by atoms with van der Waals surface area (Å²) in [6.45, 7) is 2.02. The van der Waals surface area contributed by atoms with Gasteiger partial charge in [-0.15, -0.1) is 0 Å². The number of nitrogens with zero attached hydrogens (tertiary/aromatic N) is 1. The van der Waals surface area contributed by atoms with E-state index in [9.17, 15) is 4.79 Å². The molecule has 4 heteroatoms. The van der Waals surface area contributed by atoms with Crippen LogP contribution in [-0.4, -0.2) is 17.3 Å². The second-order valence-corrected chi connectivity index (χ2v) is 4.16. The summed E-state index contributed by atoms with van der Waals surface area (Å²) in [5.74, 6) is -0.929. The van der Waals surface area contributed by atoms with Crippen molar-refractivity contribution in [3.8, 4) is 0 Å². The highest BCUT2D eigenvalue weighted by Crippen LogP contribution is 2.08. The molecular weight excluding hydrogens is 240 g/mol. The molecule has 0 fully saturated rings. The molecule has 0 aliphatic rings. The van der Waals surface area contributed by atoms with Crippen LogP contribution in [0, 0.1) is 6.92 Å². The van der Waals surface area contributed by atoms with Crippen molar-refractivity contribution in [3.05, 3.63) is 65.2 Å².